The third-order valence-electron chi connectivity index (χ3n) is 3.27. The maximum absolute atomic E-state index is 11.7. The van der Waals surface area contributed by atoms with Crippen molar-refractivity contribution in [1.82, 2.24) is 5.32 Å². The van der Waals surface area contributed by atoms with Crippen LogP contribution in [0.1, 0.15) is 6.92 Å². The van der Waals surface area contributed by atoms with Crippen molar-refractivity contribution in [2.75, 3.05) is 30.8 Å². The summed E-state index contributed by atoms with van der Waals surface area (Å²) >= 11 is 0. The molecule has 20 heavy (non-hydrogen) atoms. The van der Waals surface area contributed by atoms with E-state index in [9.17, 15) is 18.5 Å². The zero-order valence-electron chi connectivity index (χ0n) is 11.4. The number of nitro groups is 1. The fraction of sp³-hybridized carbons (Fsp3) is 0.500. The van der Waals surface area contributed by atoms with Gasteiger partial charge in [0.15, 0.2) is 9.84 Å². The van der Waals surface area contributed by atoms with Gasteiger partial charge in [0.25, 0.3) is 0 Å². The number of rotatable bonds is 3. The van der Waals surface area contributed by atoms with Crippen LogP contribution in [-0.4, -0.2) is 45.3 Å². The van der Waals surface area contributed by atoms with Crippen molar-refractivity contribution in [3.05, 3.63) is 28.3 Å². The van der Waals surface area contributed by atoms with Crippen molar-refractivity contribution in [2.45, 2.75) is 17.9 Å². The Morgan fingerprint density at radius 3 is 2.70 bits per heavy atom. The van der Waals surface area contributed by atoms with Crippen LogP contribution in [0.2, 0.25) is 0 Å². The molecule has 7 nitrogen and oxygen atoms in total. The molecule has 1 aromatic carbocycles. The molecule has 1 heterocycles. The van der Waals surface area contributed by atoms with Crippen LogP contribution < -0.4 is 10.2 Å². The number of para-hydroxylation sites is 1. The second-order valence-corrected chi connectivity index (χ2v) is 6.94. The molecule has 1 N–H and O–H groups in total. The standard InChI is InChI=1S/C12H17N3O4S/c1-9-8-14(7-6-13-9)10-4-3-5-11(20(2,18)19)12(10)15(16)17/h3-5,9,13H,6-8H2,1-2H3/t9-/m1/s1. The maximum atomic E-state index is 11.7. The van der Waals surface area contributed by atoms with Gasteiger partial charge in [0.1, 0.15) is 10.6 Å². The minimum atomic E-state index is -3.64. The lowest BCUT2D eigenvalue weighted by Gasteiger charge is -2.33. The van der Waals surface area contributed by atoms with Crippen molar-refractivity contribution in [3.63, 3.8) is 0 Å². The fourth-order valence-corrected chi connectivity index (χ4v) is 3.26. The molecule has 0 spiro atoms. The van der Waals surface area contributed by atoms with Crippen LogP contribution in [0.5, 0.6) is 0 Å². The highest BCUT2D eigenvalue weighted by Gasteiger charge is 2.30. The first-order chi connectivity index (χ1) is 9.30. The molecule has 0 amide bonds. The van der Waals surface area contributed by atoms with Gasteiger partial charge in [-0.1, -0.05) is 6.07 Å². The van der Waals surface area contributed by atoms with E-state index in [1.165, 1.54) is 6.07 Å². The molecule has 8 heteroatoms. The summed E-state index contributed by atoms with van der Waals surface area (Å²) in [5, 5.41) is 14.6. The van der Waals surface area contributed by atoms with Gasteiger partial charge >= 0.3 is 5.69 Å². The van der Waals surface area contributed by atoms with Crippen molar-refractivity contribution in [2.24, 2.45) is 0 Å². The molecule has 0 unspecified atom stereocenters. The molecular formula is C12H17N3O4S. The number of benzene rings is 1. The molecule has 0 radical (unpaired) electrons. The molecule has 0 aromatic heterocycles. The van der Waals surface area contributed by atoms with E-state index in [4.69, 9.17) is 0 Å². The van der Waals surface area contributed by atoms with Crippen LogP contribution >= 0.6 is 0 Å². The highest BCUT2D eigenvalue weighted by atomic mass is 32.2. The van der Waals surface area contributed by atoms with Crippen molar-refractivity contribution >= 4 is 21.2 Å². The Morgan fingerprint density at radius 2 is 2.15 bits per heavy atom. The summed E-state index contributed by atoms with van der Waals surface area (Å²) in [6, 6.07) is 4.63. The van der Waals surface area contributed by atoms with Gasteiger partial charge in [-0.2, -0.15) is 0 Å². The van der Waals surface area contributed by atoms with Gasteiger partial charge in [0.05, 0.1) is 4.92 Å². The van der Waals surface area contributed by atoms with Gasteiger partial charge < -0.3 is 10.2 Å². The van der Waals surface area contributed by atoms with Gasteiger partial charge in [0, 0.05) is 31.9 Å². The molecule has 0 aliphatic carbocycles. The summed E-state index contributed by atoms with van der Waals surface area (Å²) in [7, 11) is -3.64. The minimum absolute atomic E-state index is 0.199. The Hall–Kier alpha value is -1.67. The molecule has 0 saturated carbocycles. The van der Waals surface area contributed by atoms with Crippen LogP contribution in [0.15, 0.2) is 23.1 Å². The van der Waals surface area contributed by atoms with Crippen molar-refractivity contribution in [1.29, 1.82) is 0 Å². The number of piperazine rings is 1. The first-order valence-corrected chi connectivity index (χ1v) is 8.15. The van der Waals surface area contributed by atoms with Gasteiger partial charge in [-0.25, -0.2) is 8.42 Å². The van der Waals surface area contributed by atoms with E-state index in [-0.39, 0.29) is 16.6 Å². The smallest absolute Gasteiger partial charge is 0.311 e. The zero-order valence-corrected chi connectivity index (χ0v) is 12.2. The minimum Gasteiger partial charge on any atom is -0.363 e. The maximum Gasteiger partial charge on any atom is 0.311 e. The third-order valence-corrected chi connectivity index (χ3v) is 4.40. The molecule has 110 valence electrons. The van der Waals surface area contributed by atoms with Crippen LogP contribution in [0.25, 0.3) is 0 Å². The van der Waals surface area contributed by atoms with Crippen molar-refractivity contribution < 1.29 is 13.3 Å². The average molecular weight is 299 g/mol. The van der Waals surface area contributed by atoms with Crippen LogP contribution in [-0.2, 0) is 9.84 Å². The lowest BCUT2D eigenvalue weighted by atomic mass is 10.2. The number of hydrogen-bond donors (Lipinski definition) is 1. The summed E-state index contributed by atoms with van der Waals surface area (Å²) in [6.45, 7) is 3.91. The monoisotopic (exact) mass is 299 g/mol. The number of hydrogen-bond acceptors (Lipinski definition) is 6. The molecule has 1 aromatic rings. The lowest BCUT2D eigenvalue weighted by Crippen LogP contribution is -2.49. The van der Waals surface area contributed by atoms with Crippen LogP contribution in [0, 0.1) is 10.1 Å². The third kappa shape index (κ3) is 2.91. The summed E-state index contributed by atoms with van der Waals surface area (Å²) in [6.07, 6.45) is 0.986. The summed E-state index contributed by atoms with van der Waals surface area (Å²) in [4.78, 5) is 12.3. The number of sulfone groups is 1. The van der Waals surface area contributed by atoms with E-state index in [0.29, 0.717) is 25.3 Å². The molecule has 1 atom stereocenters. The Labute approximate surface area is 117 Å². The summed E-state index contributed by atoms with van der Waals surface area (Å²) in [5.74, 6) is 0. The Kier molecular flexibility index (Phi) is 3.96. The van der Waals surface area contributed by atoms with Gasteiger partial charge in [0.2, 0.25) is 0 Å². The molecule has 1 aliphatic rings. The quantitative estimate of drug-likeness (QED) is 0.655. The first kappa shape index (κ1) is 14.7. The van der Waals surface area contributed by atoms with E-state index >= 15 is 0 Å². The second-order valence-electron chi connectivity index (χ2n) is 4.95. The van der Waals surface area contributed by atoms with E-state index in [1.807, 2.05) is 11.8 Å². The predicted octanol–water partition coefficient (Wildman–Crippen LogP) is 0.796. The second kappa shape index (κ2) is 5.37. The van der Waals surface area contributed by atoms with Gasteiger partial charge in [-0.05, 0) is 19.1 Å². The predicted molar refractivity (Wildman–Crippen MR) is 75.9 cm³/mol. The normalized spacial score (nSPS) is 19.9. The van der Waals surface area contributed by atoms with Crippen LogP contribution in [0.4, 0.5) is 11.4 Å². The van der Waals surface area contributed by atoms with E-state index < -0.39 is 14.8 Å². The summed E-state index contributed by atoms with van der Waals surface area (Å²) < 4.78 is 23.4. The first-order valence-electron chi connectivity index (χ1n) is 6.26. The zero-order chi connectivity index (χ0) is 14.9. The largest absolute Gasteiger partial charge is 0.363 e. The Bertz CT molecular complexity index is 630. The van der Waals surface area contributed by atoms with Gasteiger partial charge in [-0.3, -0.25) is 10.1 Å². The van der Waals surface area contributed by atoms with E-state index in [1.54, 1.807) is 12.1 Å². The number of anilines is 1. The molecule has 0 bridgehead atoms. The highest BCUT2D eigenvalue weighted by molar-refractivity contribution is 7.90. The van der Waals surface area contributed by atoms with Gasteiger partial charge in [-0.15, -0.1) is 0 Å². The topological polar surface area (TPSA) is 92.5 Å². The number of nitrogens with one attached hydrogen (secondary N) is 1. The fourth-order valence-electron chi connectivity index (χ4n) is 2.40. The molecule has 1 saturated heterocycles. The van der Waals surface area contributed by atoms with E-state index in [2.05, 4.69) is 5.32 Å². The summed E-state index contributed by atoms with van der Waals surface area (Å²) in [5.41, 5.74) is 0.0374. The molecule has 1 aliphatic heterocycles. The number of nitro benzene ring substituents is 1. The molecule has 2 rings (SSSR count). The SMILES string of the molecule is C[C@@H]1CN(c2cccc(S(C)(=O)=O)c2[N+](=O)[O-])CCN1. The van der Waals surface area contributed by atoms with Crippen molar-refractivity contribution in [3.8, 4) is 0 Å². The molecule has 1 fully saturated rings. The van der Waals surface area contributed by atoms with Crippen LogP contribution in [0.3, 0.4) is 0 Å². The Morgan fingerprint density at radius 1 is 1.45 bits per heavy atom. The highest BCUT2D eigenvalue weighted by Crippen LogP contribution is 2.34. The van der Waals surface area contributed by atoms with E-state index in [0.717, 1.165) is 6.26 Å². The number of nitrogens with zero attached hydrogens (tertiary/aromatic N) is 2. The lowest BCUT2D eigenvalue weighted by molar-refractivity contribution is -0.387. The molecular weight excluding hydrogens is 282 g/mol. The Balaban J connectivity index is 2.56. The average Bonchev–Trinajstić information content (AvgIpc) is 2.36.